The number of benzene rings is 1. The minimum absolute atomic E-state index is 0.160. The summed E-state index contributed by atoms with van der Waals surface area (Å²) in [6.45, 7) is 4.68. The number of methoxy groups -OCH3 is 1. The lowest BCUT2D eigenvalue weighted by Gasteiger charge is -2.27. The van der Waals surface area contributed by atoms with E-state index in [9.17, 15) is 4.79 Å². The highest BCUT2D eigenvalue weighted by Crippen LogP contribution is 2.35. The normalized spacial score (nSPS) is 15.6. The molecule has 0 fully saturated rings. The molecule has 1 heterocycles. The number of fused-ring (bicyclic) bond motifs is 1. The number of esters is 1. The zero-order chi connectivity index (χ0) is 14.6. The summed E-state index contributed by atoms with van der Waals surface area (Å²) in [5, 5.41) is 3.08. The molecule has 0 spiro atoms. The lowest BCUT2D eigenvalue weighted by Crippen LogP contribution is -2.54. The van der Waals surface area contributed by atoms with E-state index in [1.807, 2.05) is 6.92 Å². The van der Waals surface area contributed by atoms with Crippen LogP contribution in [0.25, 0.3) is 0 Å². The second-order valence-corrected chi connectivity index (χ2v) is 4.66. The average molecular weight is 281 g/mol. The molecule has 1 aliphatic heterocycles. The van der Waals surface area contributed by atoms with Gasteiger partial charge in [-0.25, -0.2) is 4.79 Å². The molecule has 6 nitrogen and oxygen atoms in total. The number of hydrogen-bond acceptors (Lipinski definition) is 6. The maximum Gasteiger partial charge on any atom is 0.329 e. The molecule has 20 heavy (non-hydrogen) atoms. The van der Waals surface area contributed by atoms with Crippen LogP contribution >= 0.6 is 0 Å². The van der Waals surface area contributed by atoms with Crippen LogP contribution in [0.15, 0.2) is 18.2 Å². The molecule has 2 rings (SSSR count). The van der Waals surface area contributed by atoms with Gasteiger partial charge in [-0.1, -0.05) is 6.92 Å². The Labute approximate surface area is 118 Å². The van der Waals surface area contributed by atoms with E-state index in [1.54, 1.807) is 25.1 Å². The van der Waals surface area contributed by atoms with Gasteiger partial charge in [-0.15, -0.1) is 0 Å². The molecule has 1 aromatic rings. The summed E-state index contributed by atoms with van der Waals surface area (Å²) in [5.41, 5.74) is -0.889. The maximum atomic E-state index is 11.8. The molecular formula is C14H19NO5. The Morgan fingerprint density at radius 2 is 2.15 bits per heavy atom. The van der Waals surface area contributed by atoms with Crippen molar-refractivity contribution >= 4 is 5.97 Å². The van der Waals surface area contributed by atoms with E-state index in [-0.39, 0.29) is 19.4 Å². The third-order valence-electron chi connectivity index (χ3n) is 3.07. The van der Waals surface area contributed by atoms with Gasteiger partial charge in [0.15, 0.2) is 11.5 Å². The molecule has 0 aromatic heterocycles. The molecule has 1 aliphatic rings. The van der Waals surface area contributed by atoms with E-state index in [2.05, 4.69) is 5.32 Å². The van der Waals surface area contributed by atoms with Crippen LogP contribution in [0.2, 0.25) is 0 Å². The summed E-state index contributed by atoms with van der Waals surface area (Å²) < 4.78 is 21.0. The van der Waals surface area contributed by atoms with Crippen LogP contribution < -0.4 is 19.5 Å². The van der Waals surface area contributed by atoms with Gasteiger partial charge in [-0.3, -0.25) is 5.32 Å². The van der Waals surface area contributed by atoms with Gasteiger partial charge in [0.1, 0.15) is 17.9 Å². The van der Waals surface area contributed by atoms with Crippen molar-refractivity contribution in [3.05, 3.63) is 18.2 Å². The Morgan fingerprint density at radius 1 is 1.40 bits per heavy atom. The number of likely N-dealkylation sites (N-methyl/N-ethyl adjacent to an activating group) is 1. The number of nitrogens with one attached hydrogen (secondary N) is 1. The Kier molecular flexibility index (Phi) is 4.34. The summed E-state index contributed by atoms with van der Waals surface area (Å²) in [6, 6.07) is 5.30. The number of ether oxygens (including phenoxy) is 4. The number of carbonyl (C=O) groups is 1. The molecule has 1 atom stereocenters. The van der Waals surface area contributed by atoms with E-state index in [1.165, 1.54) is 7.11 Å². The summed E-state index contributed by atoms with van der Waals surface area (Å²) >= 11 is 0. The van der Waals surface area contributed by atoms with Crippen molar-refractivity contribution < 1.29 is 23.7 Å². The lowest BCUT2D eigenvalue weighted by molar-refractivity contribution is -0.149. The van der Waals surface area contributed by atoms with Gasteiger partial charge in [0.2, 0.25) is 6.79 Å². The van der Waals surface area contributed by atoms with Crippen molar-refractivity contribution in [1.29, 1.82) is 0 Å². The van der Waals surface area contributed by atoms with Gasteiger partial charge < -0.3 is 18.9 Å². The van der Waals surface area contributed by atoms with Gasteiger partial charge in [0.05, 0.1) is 7.11 Å². The molecule has 110 valence electrons. The van der Waals surface area contributed by atoms with Crippen LogP contribution in [-0.4, -0.2) is 38.6 Å². The van der Waals surface area contributed by atoms with Crippen LogP contribution in [0.4, 0.5) is 0 Å². The molecule has 0 aliphatic carbocycles. The van der Waals surface area contributed by atoms with Crippen LogP contribution in [0.3, 0.4) is 0 Å². The summed E-state index contributed by atoms with van der Waals surface area (Å²) in [4.78, 5) is 11.8. The van der Waals surface area contributed by atoms with Crippen molar-refractivity contribution in [1.82, 2.24) is 5.32 Å². The molecule has 0 saturated heterocycles. The SMILES string of the molecule is CCNC(C)(COc1ccc2c(c1)OCO2)C(=O)OC. The van der Waals surface area contributed by atoms with Crippen molar-refractivity contribution in [2.75, 3.05) is 27.1 Å². The first-order chi connectivity index (χ1) is 9.59. The minimum atomic E-state index is -0.889. The van der Waals surface area contributed by atoms with Gasteiger partial charge >= 0.3 is 5.97 Å². The highest BCUT2D eigenvalue weighted by atomic mass is 16.7. The predicted octanol–water partition coefficient (Wildman–Crippen LogP) is 1.34. The van der Waals surface area contributed by atoms with Crippen LogP contribution in [-0.2, 0) is 9.53 Å². The highest BCUT2D eigenvalue weighted by molar-refractivity contribution is 5.80. The topological polar surface area (TPSA) is 66.0 Å². The fourth-order valence-corrected chi connectivity index (χ4v) is 1.99. The predicted molar refractivity (Wildman–Crippen MR) is 72.2 cm³/mol. The zero-order valence-electron chi connectivity index (χ0n) is 11.9. The molecule has 1 unspecified atom stereocenters. The Hall–Kier alpha value is -1.95. The molecule has 0 bridgehead atoms. The molecule has 0 amide bonds. The van der Waals surface area contributed by atoms with Crippen LogP contribution in [0.1, 0.15) is 13.8 Å². The molecule has 0 radical (unpaired) electrons. The fourth-order valence-electron chi connectivity index (χ4n) is 1.99. The molecular weight excluding hydrogens is 262 g/mol. The van der Waals surface area contributed by atoms with Crippen LogP contribution in [0.5, 0.6) is 17.2 Å². The smallest absolute Gasteiger partial charge is 0.329 e. The summed E-state index contributed by atoms with van der Waals surface area (Å²) in [7, 11) is 1.36. The zero-order valence-corrected chi connectivity index (χ0v) is 11.9. The summed E-state index contributed by atoms with van der Waals surface area (Å²) in [6.07, 6.45) is 0. The van der Waals surface area contributed by atoms with Crippen LogP contribution in [0, 0.1) is 0 Å². The number of hydrogen-bond donors (Lipinski definition) is 1. The van der Waals surface area contributed by atoms with E-state index in [4.69, 9.17) is 18.9 Å². The number of carbonyl (C=O) groups excluding carboxylic acids is 1. The standard InChI is InChI=1S/C14H19NO5/c1-4-15-14(2,13(16)17-3)8-18-10-5-6-11-12(7-10)20-9-19-11/h5-7,15H,4,8-9H2,1-3H3. The Morgan fingerprint density at radius 3 is 2.85 bits per heavy atom. The lowest BCUT2D eigenvalue weighted by atomic mass is 10.0. The molecule has 1 N–H and O–H groups in total. The van der Waals surface area contributed by atoms with Gasteiger partial charge in [-0.2, -0.15) is 0 Å². The molecule has 1 aromatic carbocycles. The second-order valence-electron chi connectivity index (χ2n) is 4.66. The van der Waals surface area contributed by atoms with Crippen molar-refractivity contribution in [3.63, 3.8) is 0 Å². The van der Waals surface area contributed by atoms with Gasteiger partial charge in [0, 0.05) is 6.07 Å². The fraction of sp³-hybridized carbons (Fsp3) is 0.500. The van der Waals surface area contributed by atoms with E-state index in [0.717, 1.165) is 0 Å². The Bertz CT molecular complexity index is 490. The third-order valence-corrected chi connectivity index (χ3v) is 3.07. The average Bonchev–Trinajstić information content (AvgIpc) is 2.92. The first kappa shape index (κ1) is 14.5. The first-order valence-corrected chi connectivity index (χ1v) is 6.45. The second kappa shape index (κ2) is 6.00. The van der Waals surface area contributed by atoms with Gasteiger partial charge in [0.25, 0.3) is 0 Å². The summed E-state index contributed by atoms with van der Waals surface area (Å²) in [5.74, 6) is 1.59. The van der Waals surface area contributed by atoms with Crippen molar-refractivity contribution in [2.24, 2.45) is 0 Å². The largest absolute Gasteiger partial charge is 0.491 e. The van der Waals surface area contributed by atoms with Crippen molar-refractivity contribution in [3.8, 4) is 17.2 Å². The third kappa shape index (κ3) is 2.96. The van der Waals surface area contributed by atoms with E-state index >= 15 is 0 Å². The maximum absolute atomic E-state index is 11.8. The monoisotopic (exact) mass is 281 g/mol. The molecule has 0 saturated carbocycles. The van der Waals surface area contributed by atoms with Gasteiger partial charge in [-0.05, 0) is 25.6 Å². The number of rotatable bonds is 6. The highest BCUT2D eigenvalue weighted by Gasteiger charge is 2.34. The Balaban J connectivity index is 2.04. The van der Waals surface area contributed by atoms with E-state index < -0.39 is 5.54 Å². The first-order valence-electron chi connectivity index (χ1n) is 6.45. The minimum Gasteiger partial charge on any atom is -0.491 e. The molecule has 6 heteroatoms. The van der Waals surface area contributed by atoms with Crippen molar-refractivity contribution in [2.45, 2.75) is 19.4 Å². The quantitative estimate of drug-likeness (QED) is 0.794. The van der Waals surface area contributed by atoms with E-state index in [0.29, 0.717) is 23.8 Å².